The first-order valence-electron chi connectivity index (χ1n) is 9.55. The predicted octanol–water partition coefficient (Wildman–Crippen LogP) is 2.47. The van der Waals surface area contributed by atoms with Crippen LogP contribution in [0.25, 0.3) is 0 Å². The van der Waals surface area contributed by atoms with Gasteiger partial charge in [0.1, 0.15) is 0 Å². The Morgan fingerprint density at radius 1 is 1.15 bits per heavy atom. The van der Waals surface area contributed by atoms with Crippen LogP contribution in [0.1, 0.15) is 38.2 Å². The molecule has 0 aromatic heterocycles. The minimum absolute atomic E-state index is 0.0948. The summed E-state index contributed by atoms with van der Waals surface area (Å²) in [6, 6.07) is 8.52. The van der Waals surface area contributed by atoms with Gasteiger partial charge in [-0.1, -0.05) is 29.8 Å². The van der Waals surface area contributed by atoms with Crippen molar-refractivity contribution in [1.82, 2.24) is 15.1 Å². The van der Waals surface area contributed by atoms with E-state index in [4.69, 9.17) is 11.6 Å². The summed E-state index contributed by atoms with van der Waals surface area (Å²) in [6.45, 7) is 4.48. The van der Waals surface area contributed by atoms with Gasteiger partial charge >= 0.3 is 0 Å². The third kappa shape index (κ3) is 4.98. The standard InChI is InChI=1S/C20H28ClN3O2/c1-15(25)23-11-8-17(9-12-23)22-20(26)14-24-10-4-6-18(24)13-16-5-2-3-7-19(16)21/h2-3,5,7,17-18H,4,6,8-14H2,1H3,(H,22,26). The summed E-state index contributed by atoms with van der Waals surface area (Å²) >= 11 is 6.29. The summed E-state index contributed by atoms with van der Waals surface area (Å²) in [6.07, 6.45) is 4.81. The predicted molar refractivity (Wildman–Crippen MR) is 103 cm³/mol. The monoisotopic (exact) mass is 377 g/mol. The molecule has 0 saturated carbocycles. The molecule has 1 aromatic rings. The third-order valence-electron chi connectivity index (χ3n) is 5.56. The highest BCUT2D eigenvalue weighted by atomic mass is 35.5. The second kappa shape index (κ2) is 8.87. The molecular formula is C20H28ClN3O2. The molecule has 0 radical (unpaired) electrons. The van der Waals surface area contributed by atoms with Gasteiger partial charge in [0, 0.05) is 37.1 Å². The second-order valence-corrected chi connectivity index (χ2v) is 7.82. The molecule has 26 heavy (non-hydrogen) atoms. The van der Waals surface area contributed by atoms with Crippen molar-refractivity contribution >= 4 is 23.4 Å². The number of hydrogen-bond donors (Lipinski definition) is 1. The lowest BCUT2D eigenvalue weighted by atomic mass is 10.0. The first-order chi connectivity index (χ1) is 12.5. The van der Waals surface area contributed by atoms with E-state index in [0.29, 0.717) is 12.6 Å². The van der Waals surface area contributed by atoms with Crippen molar-refractivity contribution in [2.24, 2.45) is 0 Å². The van der Waals surface area contributed by atoms with Crippen LogP contribution < -0.4 is 5.32 Å². The third-order valence-corrected chi connectivity index (χ3v) is 5.93. The van der Waals surface area contributed by atoms with Gasteiger partial charge in [-0.2, -0.15) is 0 Å². The minimum atomic E-state index is 0.0948. The Bertz CT molecular complexity index is 644. The van der Waals surface area contributed by atoms with Crippen molar-refractivity contribution in [3.63, 3.8) is 0 Å². The minimum Gasteiger partial charge on any atom is -0.352 e. The van der Waals surface area contributed by atoms with Crippen LogP contribution in [-0.2, 0) is 16.0 Å². The zero-order valence-electron chi connectivity index (χ0n) is 15.4. The van der Waals surface area contributed by atoms with Crippen LogP contribution >= 0.6 is 11.6 Å². The lowest BCUT2D eigenvalue weighted by Crippen LogP contribution is -2.49. The Balaban J connectivity index is 1.47. The summed E-state index contributed by atoms with van der Waals surface area (Å²) in [4.78, 5) is 28.0. The molecule has 0 aliphatic carbocycles. The molecule has 2 aliphatic heterocycles. The van der Waals surface area contributed by atoms with Gasteiger partial charge in [-0.25, -0.2) is 0 Å². The van der Waals surface area contributed by atoms with E-state index >= 15 is 0 Å². The fraction of sp³-hybridized carbons (Fsp3) is 0.600. The molecule has 142 valence electrons. The number of carbonyl (C=O) groups excluding carboxylic acids is 2. The molecule has 5 nitrogen and oxygen atoms in total. The van der Waals surface area contributed by atoms with E-state index in [1.54, 1.807) is 6.92 Å². The van der Waals surface area contributed by atoms with Gasteiger partial charge in [0.15, 0.2) is 0 Å². The van der Waals surface area contributed by atoms with Crippen molar-refractivity contribution < 1.29 is 9.59 Å². The van der Waals surface area contributed by atoms with Gasteiger partial charge < -0.3 is 10.2 Å². The number of hydrogen-bond acceptors (Lipinski definition) is 3. The zero-order chi connectivity index (χ0) is 18.5. The summed E-state index contributed by atoms with van der Waals surface area (Å²) in [5.41, 5.74) is 1.16. The Kier molecular flexibility index (Phi) is 6.54. The Hall–Kier alpha value is -1.59. The number of halogens is 1. The molecule has 2 amide bonds. The van der Waals surface area contributed by atoms with E-state index in [1.807, 2.05) is 23.1 Å². The molecule has 3 rings (SSSR count). The average Bonchev–Trinajstić information content (AvgIpc) is 3.04. The van der Waals surface area contributed by atoms with Crippen LogP contribution in [0.5, 0.6) is 0 Å². The van der Waals surface area contributed by atoms with Gasteiger partial charge in [-0.3, -0.25) is 14.5 Å². The van der Waals surface area contributed by atoms with Gasteiger partial charge in [-0.15, -0.1) is 0 Å². The molecule has 1 atom stereocenters. The quantitative estimate of drug-likeness (QED) is 0.857. The maximum Gasteiger partial charge on any atom is 0.234 e. The van der Waals surface area contributed by atoms with Crippen molar-refractivity contribution in [2.75, 3.05) is 26.2 Å². The van der Waals surface area contributed by atoms with Crippen LogP contribution in [0.2, 0.25) is 5.02 Å². The smallest absolute Gasteiger partial charge is 0.234 e. The van der Waals surface area contributed by atoms with Crippen molar-refractivity contribution in [3.8, 4) is 0 Å². The highest BCUT2D eigenvalue weighted by Gasteiger charge is 2.28. The fourth-order valence-corrected chi connectivity index (χ4v) is 4.26. The Labute approximate surface area is 160 Å². The fourth-order valence-electron chi connectivity index (χ4n) is 4.05. The molecular weight excluding hydrogens is 350 g/mol. The summed E-state index contributed by atoms with van der Waals surface area (Å²) < 4.78 is 0. The summed E-state index contributed by atoms with van der Waals surface area (Å²) in [5.74, 6) is 0.214. The second-order valence-electron chi connectivity index (χ2n) is 7.41. The largest absolute Gasteiger partial charge is 0.352 e. The molecule has 6 heteroatoms. The summed E-state index contributed by atoms with van der Waals surface area (Å²) in [7, 11) is 0. The number of piperidine rings is 1. The van der Waals surface area contributed by atoms with Crippen molar-refractivity contribution in [2.45, 2.75) is 51.1 Å². The molecule has 0 bridgehead atoms. The Morgan fingerprint density at radius 2 is 1.88 bits per heavy atom. The summed E-state index contributed by atoms with van der Waals surface area (Å²) in [5, 5.41) is 3.96. The molecule has 2 aliphatic rings. The van der Waals surface area contributed by atoms with Gasteiger partial charge in [0.05, 0.1) is 6.54 Å². The number of carbonyl (C=O) groups is 2. The number of benzene rings is 1. The first kappa shape index (κ1) is 19.2. The number of nitrogens with zero attached hydrogens (tertiary/aromatic N) is 2. The Morgan fingerprint density at radius 3 is 2.58 bits per heavy atom. The van der Waals surface area contributed by atoms with Gasteiger partial charge in [0.25, 0.3) is 0 Å². The first-order valence-corrected chi connectivity index (χ1v) is 9.93. The molecule has 2 saturated heterocycles. The van der Waals surface area contributed by atoms with E-state index < -0.39 is 0 Å². The van der Waals surface area contributed by atoms with Gasteiger partial charge in [0.2, 0.25) is 11.8 Å². The van der Waals surface area contributed by atoms with Crippen LogP contribution in [0, 0.1) is 0 Å². The topological polar surface area (TPSA) is 52.7 Å². The van der Waals surface area contributed by atoms with Crippen LogP contribution in [0.15, 0.2) is 24.3 Å². The number of rotatable bonds is 5. The molecule has 1 aromatic carbocycles. The highest BCUT2D eigenvalue weighted by Crippen LogP contribution is 2.24. The lowest BCUT2D eigenvalue weighted by molar-refractivity contribution is -0.130. The average molecular weight is 378 g/mol. The van der Waals surface area contributed by atoms with Crippen molar-refractivity contribution in [1.29, 1.82) is 0 Å². The van der Waals surface area contributed by atoms with E-state index in [-0.39, 0.29) is 17.9 Å². The van der Waals surface area contributed by atoms with E-state index in [2.05, 4.69) is 16.3 Å². The SMILES string of the molecule is CC(=O)N1CCC(NC(=O)CN2CCCC2Cc2ccccc2Cl)CC1. The van der Waals surface area contributed by atoms with Crippen LogP contribution in [0.4, 0.5) is 0 Å². The molecule has 1 unspecified atom stereocenters. The number of likely N-dealkylation sites (tertiary alicyclic amines) is 2. The van der Waals surface area contributed by atoms with E-state index in [0.717, 1.165) is 62.3 Å². The van der Waals surface area contributed by atoms with E-state index in [9.17, 15) is 9.59 Å². The normalized spacial score (nSPS) is 21.8. The number of nitrogens with one attached hydrogen (secondary N) is 1. The molecule has 0 spiro atoms. The lowest BCUT2D eigenvalue weighted by Gasteiger charge is -2.32. The van der Waals surface area contributed by atoms with Crippen LogP contribution in [0.3, 0.4) is 0 Å². The molecule has 2 fully saturated rings. The van der Waals surface area contributed by atoms with Gasteiger partial charge in [-0.05, 0) is 50.3 Å². The maximum absolute atomic E-state index is 12.5. The van der Waals surface area contributed by atoms with E-state index in [1.165, 1.54) is 0 Å². The molecule has 1 N–H and O–H groups in total. The van der Waals surface area contributed by atoms with Crippen molar-refractivity contribution in [3.05, 3.63) is 34.9 Å². The maximum atomic E-state index is 12.5. The highest BCUT2D eigenvalue weighted by molar-refractivity contribution is 6.31. The molecule has 2 heterocycles. The zero-order valence-corrected chi connectivity index (χ0v) is 16.2. The van der Waals surface area contributed by atoms with Crippen LogP contribution in [-0.4, -0.2) is 59.9 Å². The number of amides is 2.